The van der Waals surface area contributed by atoms with Crippen molar-refractivity contribution in [2.75, 3.05) is 13.7 Å². The zero-order chi connectivity index (χ0) is 14.3. The Balaban J connectivity index is 2.69. The molecule has 19 heavy (non-hydrogen) atoms. The van der Waals surface area contributed by atoms with Gasteiger partial charge >= 0.3 is 5.97 Å². The summed E-state index contributed by atoms with van der Waals surface area (Å²) in [4.78, 5) is 11.0. The van der Waals surface area contributed by atoms with E-state index in [0.717, 1.165) is 25.0 Å². The first kappa shape index (κ1) is 15.5. The highest BCUT2D eigenvalue weighted by atomic mass is 16.6. The van der Waals surface area contributed by atoms with Gasteiger partial charge in [-0.25, -0.2) is 4.79 Å². The van der Waals surface area contributed by atoms with Crippen LogP contribution in [0.4, 0.5) is 0 Å². The zero-order valence-corrected chi connectivity index (χ0v) is 12.4. The molecule has 0 bridgehead atoms. The molecule has 0 radical (unpaired) electrons. The Labute approximate surface area is 115 Å². The van der Waals surface area contributed by atoms with E-state index < -0.39 is 0 Å². The highest BCUT2D eigenvalue weighted by molar-refractivity contribution is 5.70. The maximum absolute atomic E-state index is 11.0. The minimum absolute atomic E-state index is 0.0429. The summed E-state index contributed by atoms with van der Waals surface area (Å²) in [6.07, 6.45) is 3.32. The van der Waals surface area contributed by atoms with Crippen molar-refractivity contribution in [3.8, 4) is 5.75 Å². The molecule has 0 aliphatic heterocycles. The number of hydrogen-bond acceptors (Lipinski definition) is 3. The lowest BCUT2D eigenvalue weighted by Gasteiger charge is -2.26. The van der Waals surface area contributed by atoms with Gasteiger partial charge in [-0.15, -0.1) is 0 Å². The predicted octanol–water partition coefficient (Wildman–Crippen LogP) is 3.61. The van der Waals surface area contributed by atoms with Crippen LogP contribution in [0.2, 0.25) is 0 Å². The minimum atomic E-state index is -0.364. The molecule has 3 nitrogen and oxygen atoms in total. The van der Waals surface area contributed by atoms with Crippen LogP contribution in [0.1, 0.15) is 39.2 Å². The van der Waals surface area contributed by atoms with Crippen LogP contribution in [-0.4, -0.2) is 19.7 Å². The van der Waals surface area contributed by atoms with Crippen LogP contribution in [0.15, 0.2) is 24.3 Å². The Morgan fingerprint density at radius 2 is 1.95 bits per heavy atom. The fourth-order valence-electron chi connectivity index (χ4n) is 1.94. The van der Waals surface area contributed by atoms with Gasteiger partial charge in [0.2, 0.25) is 0 Å². The molecule has 0 heterocycles. The number of carbonyl (C=O) groups is 1. The number of esters is 1. The van der Waals surface area contributed by atoms with Gasteiger partial charge in [0.25, 0.3) is 0 Å². The average Bonchev–Trinajstić information content (AvgIpc) is 2.45. The van der Waals surface area contributed by atoms with Crippen molar-refractivity contribution >= 4 is 5.97 Å². The van der Waals surface area contributed by atoms with Crippen LogP contribution < -0.4 is 4.74 Å². The Morgan fingerprint density at radius 1 is 1.26 bits per heavy atom. The van der Waals surface area contributed by atoms with Gasteiger partial charge in [0.15, 0.2) is 6.61 Å². The number of carbonyl (C=O) groups excluding carboxylic acids is 1. The molecule has 0 atom stereocenters. The van der Waals surface area contributed by atoms with E-state index in [1.807, 2.05) is 18.2 Å². The number of rotatable bonds is 7. The van der Waals surface area contributed by atoms with Crippen LogP contribution in [-0.2, 0) is 16.0 Å². The molecule has 106 valence electrons. The van der Waals surface area contributed by atoms with Gasteiger partial charge in [-0.05, 0) is 29.5 Å². The molecule has 0 amide bonds. The van der Waals surface area contributed by atoms with Crippen LogP contribution in [0.3, 0.4) is 0 Å². The highest BCUT2D eigenvalue weighted by Gasteiger charge is 2.20. The van der Waals surface area contributed by atoms with Crippen molar-refractivity contribution < 1.29 is 14.3 Å². The summed E-state index contributed by atoms with van der Waals surface area (Å²) in [7, 11) is 1.36. The van der Waals surface area contributed by atoms with Crippen molar-refractivity contribution in [2.24, 2.45) is 5.41 Å². The normalized spacial score (nSPS) is 11.2. The Bertz CT molecular complexity index is 408. The van der Waals surface area contributed by atoms with E-state index in [0.29, 0.717) is 5.41 Å². The SMILES string of the molecule is CCC(C)(CC)Cc1cccc(OCC(=O)OC)c1. The second kappa shape index (κ2) is 7.17. The fourth-order valence-corrected chi connectivity index (χ4v) is 1.94. The summed E-state index contributed by atoms with van der Waals surface area (Å²) >= 11 is 0. The minimum Gasteiger partial charge on any atom is -0.482 e. The third kappa shape index (κ3) is 4.93. The Morgan fingerprint density at radius 3 is 2.53 bits per heavy atom. The second-order valence-corrected chi connectivity index (χ2v) is 5.21. The van der Waals surface area contributed by atoms with Gasteiger partial charge in [0.1, 0.15) is 5.75 Å². The average molecular weight is 264 g/mol. The van der Waals surface area contributed by atoms with Gasteiger partial charge in [0.05, 0.1) is 7.11 Å². The molecular weight excluding hydrogens is 240 g/mol. The van der Waals surface area contributed by atoms with Crippen molar-refractivity contribution in [1.82, 2.24) is 0 Å². The number of methoxy groups -OCH3 is 1. The van der Waals surface area contributed by atoms with E-state index in [1.165, 1.54) is 12.7 Å². The van der Waals surface area contributed by atoms with Gasteiger partial charge in [-0.2, -0.15) is 0 Å². The third-order valence-electron chi connectivity index (χ3n) is 3.82. The maximum Gasteiger partial charge on any atom is 0.343 e. The lowest BCUT2D eigenvalue weighted by molar-refractivity contribution is -0.142. The second-order valence-electron chi connectivity index (χ2n) is 5.21. The Hall–Kier alpha value is -1.51. The molecule has 0 aromatic heterocycles. The first-order chi connectivity index (χ1) is 9.03. The lowest BCUT2D eigenvalue weighted by Crippen LogP contribution is -2.17. The maximum atomic E-state index is 11.0. The van der Waals surface area contributed by atoms with Crippen molar-refractivity contribution in [3.05, 3.63) is 29.8 Å². The largest absolute Gasteiger partial charge is 0.482 e. The number of ether oxygens (including phenoxy) is 2. The molecule has 0 fully saturated rings. The highest BCUT2D eigenvalue weighted by Crippen LogP contribution is 2.31. The van der Waals surface area contributed by atoms with E-state index in [9.17, 15) is 4.79 Å². The van der Waals surface area contributed by atoms with E-state index in [1.54, 1.807) is 0 Å². The monoisotopic (exact) mass is 264 g/mol. The number of hydrogen-bond donors (Lipinski definition) is 0. The molecule has 0 N–H and O–H groups in total. The number of benzene rings is 1. The van der Waals surface area contributed by atoms with E-state index in [-0.39, 0.29) is 12.6 Å². The van der Waals surface area contributed by atoms with Crippen LogP contribution >= 0.6 is 0 Å². The summed E-state index contributed by atoms with van der Waals surface area (Å²) in [6, 6.07) is 7.94. The molecule has 0 unspecified atom stereocenters. The molecular formula is C16H24O3. The summed E-state index contributed by atoms with van der Waals surface area (Å²) in [5.41, 5.74) is 1.56. The molecule has 1 aromatic rings. The van der Waals surface area contributed by atoms with Crippen LogP contribution in [0, 0.1) is 5.41 Å². The topological polar surface area (TPSA) is 35.5 Å². The first-order valence-electron chi connectivity index (χ1n) is 6.81. The van der Waals surface area contributed by atoms with Gasteiger partial charge in [-0.3, -0.25) is 0 Å². The van der Waals surface area contributed by atoms with E-state index in [4.69, 9.17) is 4.74 Å². The molecule has 1 rings (SSSR count). The van der Waals surface area contributed by atoms with Gasteiger partial charge in [0, 0.05) is 0 Å². The van der Waals surface area contributed by atoms with Gasteiger partial charge in [-0.1, -0.05) is 45.7 Å². The molecule has 0 saturated carbocycles. The summed E-state index contributed by atoms with van der Waals surface area (Å²) in [5.74, 6) is 0.356. The Kier molecular flexibility index (Phi) is 5.87. The lowest BCUT2D eigenvalue weighted by atomic mass is 9.79. The predicted molar refractivity (Wildman–Crippen MR) is 76.3 cm³/mol. The quantitative estimate of drug-likeness (QED) is 0.706. The summed E-state index contributed by atoms with van der Waals surface area (Å²) in [6.45, 7) is 6.70. The molecule has 0 spiro atoms. The van der Waals surface area contributed by atoms with E-state index in [2.05, 4.69) is 31.6 Å². The van der Waals surface area contributed by atoms with Crippen molar-refractivity contribution in [2.45, 2.75) is 40.0 Å². The molecule has 3 heteroatoms. The molecule has 0 aliphatic carbocycles. The zero-order valence-electron chi connectivity index (χ0n) is 12.4. The summed E-state index contributed by atoms with van der Waals surface area (Å²) < 4.78 is 9.96. The standard InChI is InChI=1S/C16H24O3/c1-5-16(3,6-2)11-13-8-7-9-14(10-13)19-12-15(17)18-4/h7-10H,5-6,11-12H2,1-4H3. The van der Waals surface area contributed by atoms with Crippen LogP contribution in [0.25, 0.3) is 0 Å². The van der Waals surface area contributed by atoms with Crippen molar-refractivity contribution in [3.63, 3.8) is 0 Å². The first-order valence-corrected chi connectivity index (χ1v) is 6.81. The van der Waals surface area contributed by atoms with Crippen LogP contribution in [0.5, 0.6) is 5.75 Å². The van der Waals surface area contributed by atoms with Crippen molar-refractivity contribution in [1.29, 1.82) is 0 Å². The third-order valence-corrected chi connectivity index (χ3v) is 3.82. The van der Waals surface area contributed by atoms with E-state index >= 15 is 0 Å². The smallest absolute Gasteiger partial charge is 0.343 e. The molecule has 1 aromatic carbocycles. The fraction of sp³-hybridized carbons (Fsp3) is 0.562. The molecule has 0 aliphatic rings. The van der Waals surface area contributed by atoms with Gasteiger partial charge < -0.3 is 9.47 Å². The summed E-state index contributed by atoms with van der Waals surface area (Å²) in [5, 5.41) is 0. The molecule has 0 saturated heterocycles.